The number of non-ortho nitro benzene ring substituents is 1. The Hall–Kier alpha value is -3.40. The Bertz CT molecular complexity index is 850. The summed E-state index contributed by atoms with van der Waals surface area (Å²) in [5.74, 6) is 0. The number of nitrogens with one attached hydrogen (secondary N) is 1. The molecule has 0 aromatic heterocycles. The van der Waals surface area contributed by atoms with E-state index in [2.05, 4.69) is 10.2 Å². The molecule has 0 aliphatic carbocycles. The molecule has 28 heavy (non-hydrogen) atoms. The average Bonchev–Trinajstić information content (AvgIpc) is 2.72. The molecule has 0 saturated carbocycles. The van der Waals surface area contributed by atoms with Crippen LogP contribution >= 0.6 is 0 Å². The predicted molar refractivity (Wildman–Crippen MR) is 108 cm³/mol. The molecule has 10 heteroatoms. The topological polar surface area (TPSA) is 131 Å². The molecule has 148 valence electrons. The van der Waals surface area contributed by atoms with Gasteiger partial charge in [-0.2, -0.15) is 0 Å². The second-order valence-corrected chi connectivity index (χ2v) is 6.42. The lowest BCUT2D eigenvalue weighted by atomic mass is 10.1. The zero-order valence-corrected chi connectivity index (χ0v) is 15.3. The molecule has 2 aromatic rings. The summed E-state index contributed by atoms with van der Waals surface area (Å²) in [6.07, 6.45) is 0. The predicted octanol–water partition coefficient (Wildman–Crippen LogP) is 2.20. The first-order valence-corrected chi connectivity index (χ1v) is 8.96. The van der Waals surface area contributed by atoms with E-state index in [-0.39, 0.29) is 16.3 Å². The van der Waals surface area contributed by atoms with Gasteiger partial charge in [0.05, 0.1) is 9.85 Å². The number of hydrogen-bond donors (Lipinski definition) is 2. The van der Waals surface area contributed by atoms with Crippen molar-refractivity contribution in [2.24, 2.45) is 5.73 Å². The highest BCUT2D eigenvalue weighted by atomic mass is 16.6. The zero-order chi connectivity index (χ0) is 20.1. The SMILES string of the molecule is NCCNc1ccc([N+](=O)[O-])c(N2CCN(c3ccc([N+](=O)[O-])cc3)CC2)c1. The van der Waals surface area contributed by atoms with Crippen LogP contribution in [0.4, 0.5) is 28.4 Å². The van der Waals surface area contributed by atoms with Crippen molar-refractivity contribution in [3.05, 3.63) is 62.7 Å². The second-order valence-electron chi connectivity index (χ2n) is 6.42. The Balaban J connectivity index is 1.73. The number of nitro groups is 2. The maximum Gasteiger partial charge on any atom is 0.292 e. The summed E-state index contributed by atoms with van der Waals surface area (Å²) in [6, 6.07) is 11.4. The quantitative estimate of drug-likeness (QED) is 0.547. The fraction of sp³-hybridized carbons (Fsp3) is 0.333. The molecule has 0 spiro atoms. The molecule has 0 radical (unpaired) electrons. The van der Waals surface area contributed by atoms with Crippen LogP contribution in [-0.2, 0) is 0 Å². The highest BCUT2D eigenvalue weighted by Crippen LogP contribution is 2.32. The molecule has 1 aliphatic heterocycles. The van der Waals surface area contributed by atoms with Crippen LogP contribution in [0.15, 0.2) is 42.5 Å². The molecular formula is C18H22N6O4. The number of anilines is 3. The highest BCUT2D eigenvalue weighted by molar-refractivity contribution is 5.70. The van der Waals surface area contributed by atoms with Gasteiger partial charge in [-0.15, -0.1) is 0 Å². The Morgan fingerprint density at radius 3 is 2.14 bits per heavy atom. The Morgan fingerprint density at radius 2 is 1.57 bits per heavy atom. The molecular weight excluding hydrogens is 364 g/mol. The summed E-state index contributed by atoms with van der Waals surface area (Å²) in [7, 11) is 0. The van der Waals surface area contributed by atoms with Gasteiger partial charge in [0.25, 0.3) is 11.4 Å². The highest BCUT2D eigenvalue weighted by Gasteiger charge is 2.24. The van der Waals surface area contributed by atoms with Crippen LogP contribution in [0.3, 0.4) is 0 Å². The van der Waals surface area contributed by atoms with E-state index in [0.29, 0.717) is 45.0 Å². The number of piperazine rings is 1. The van der Waals surface area contributed by atoms with Gasteiger partial charge >= 0.3 is 0 Å². The van der Waals surface area contributed by atoms with Crippen LogP contribution < -0.4 is 20.9 Å². The van der Waals surface area contributed by atoms with E-state index >= 15 is 0 Å². The van der Waals surface area contributed by atoms with Crippen LogP contribution in [0.2, 0.25) is 0 Å². The molecule has 10 nitrogen and oxygen atoms in total. The van der Waals surface area contributed by atoms with Crippen molar-refractivity contribution >= 4 is 28.4 Å². The van der Waals surface area contributed by atoms with Crippen molar-refractivity contribution < 1.29 is 9.85 Å². The van der Waals surface area contributed by atoms with Gasteiger partial charge in [0.2, 0.25) is 0 Å². The second kappa shape index (κ2) is 8.53. The van der Waals surface area contributed by atoms with E-state index in [1.807, 2.05) is 4.90 Å². The van der Waals surface area contributed by atoms with Crippen molar-refractivity contribution in [3.63, 3.8) is 0 Å². The maximum atomic E-state index is 11.4. The first-order chi connectivity index (χ1) is 13.5. The van der Waals surface area contributed by atoms with E-state index in [1.165, 1.54) is 18.2 Å². The molecule has 0 unspecified atom stereocenters. The van der Waals surface area contributed by atoms with Crippen LogP contribution in [-0.4, -0.2) is 49.1 Å². The molecule has 1 fully saturated rings. The molecule has 1 saturated heterocycles. The summed E-state index contributed by atoms with van der Waals surface area (Å²) >= 11 is 0. The first-order valence-electron chi connectivity index (χ1n) is 8.96. The molecule has 3 rings (SSSR count). The summed E-state index contributed by atoms with van der Waals surface area (Å²) in [5.41, 5.74) is 7.91. The Labute approximate surface area is 161 Å². The van der Waals surface area contributed by atoms with Gasteiger partial charge in [0, 0.05) is 68.8 Å². The standard InChI is InChI=1S/C18H22N6O4/c19-7-8-20-14-1-6-17(24(27)28)18(13-14)22-11-9-21(10-12-22)15-2-4-16(5-3-15)23(25)26/h1-6,13,20H,7-12,19H2. The fourth-order valence-electron chi connectivity index (χ4n) is 3.25. The monoisotopic (exact) mass is 386 g/mol. The Morgan fingerprint density at radius 1 is 0.929 bits per heavy atom. The number of hydrogen-bond acceptors (Lipinski definition) is 8. The van der Waals surface area contributed by atoms with Gasteiger partial charge in [0.15, 0.2) is 0 Å². The lowest BCUT2D eigenvalue weighted by Crippen LogP contribution is -2.46. The van der Waals surface area contributed by atoms with Gasteiger partial charge in [0.1, 0.15) is 5.69 Å². The number of nitrogens with two attached hydrogens (primary N) is 1. The van der Waals surface area contributed by atoms with Gasteiger partial charge < -0.3 is 20.9 Å². The third-order valence-corrected chi connectivity index (χ3v) is 4.69. The van der Waals surface area contributed by atoms with Crippen molar-refractivity contribution in [1.29, 1.82) is 0 Å². The van der Waals surface area contributed by atoms with Gasteiger partial charge in [-0.1, -0.05) is 0 Å². The Kier molecular flexibility index (Phi) is 5.90. The molecule has 0 bridgehead atoms. The average molecular weight is 386 g/mol. The largest absolute Gasteiger partial charge is 0.384 e. The maximum absolute atomic E-state index is 11.4. The van der Waals surface area contributed by atoms with Crippen molar-refractivity contribution in [1.82, 2.24) is 0 Å². The normalized spacial score (nSPS) is 14.0. The minimum Gasteiger partial charge on any atom is -0.384 e. The summed E-state index contributed by atoms with van der Waals surface area (Å²) in [6.45, 7) is 3.60. The first kappa shape index (κ1) is 19.4. The lowest BCUT2D eigenvalue weighted by Gasteiger charge is -2.37. The smallest absolute Gasteiger partial charge is 0.292 e. The number of nitrogens with zero attached hydrogens (tertiary/aromatic N) is 4. The number of nitro benzene ring substituents is 2. The summed E-state index contributed by atoms with van der Waals surface area (Å²) < 4.78 is 0. The number of rotatable bonds is 7. The van der Waals surface area contributed by atoms with Crippen molar-refractivity contribution in [2.45, 2.75) is 0 Å². The van der Waals surface area contributed by atoms with E-state index in [9.17, 15) is 20.2 Å². The van der Waals surface area contributed by atoms with Crippen LogP contribution in [0.5, 0.6) is 0 Å². The molecule has 1 heterocycles. The van der Waals surface area contributed by atoms with Gasteiger partial charge in [-0.05, 0) is 24.3 Å². The van der Waals surface area contributed by atoms with E-state index < -0.39 is 4.92 Å². The van der Waals surface area contributed by atoms with Gasteiger partial charge in [-0.25, -0.2) is 0 Å². The minimum absolute atomic E-state index is 0.0554. The third-order valence-electron chi connectivity index (χ3n) is 4.69. The van der Waals surface area contributed by atoms with E-state index in [4.69, 9.17) is 5.73 Å². The zero-order valence-electron chi connectivity index (χ0n) is 15.3. The van der Waals surface area contributed by atoms with Crippen LogP contribution in [0.25, 0.3) is 0 Å². The van der Waals surface area contributed by atoms with Crippen LogP contribution in [0, 0.1) is 20.2 Å². The third kappa shape index (κ3) is 4.29. The van der Waals surface area contributed by atoms with Crippen molar-refractivity contribution in [3.8, 4) is 0 Å². The van der Waals surface area contributed by atoms with E-state index in [0.717, 1.165) is 11.4 Å². The molecule has 2 aromatic carbocycles. The summed E-state index contributed by atoms with van der Waals surface area (Å²) in [5, 5.41) is 25.4. The molecule has 3 N–H and O–H groups in total. The lowest BCUT2D eigenvalue weighted by molar-refractivity contribution is -0.384. The summed E-state index contributed by atoms with van der Waals surface area (Å²) in [4.78, 5) is 25.5. The molecule has 1 aliphatic rings. The minimum atomic E-state index is -0.424. The van der Waals surface area contributed by atoms with Crippen molar-refractivity contribution in [2.75, 3.05) is 54.4 Å². The number of benzene rings is 2. The van der Waals surface area contributed by atoms with E-state index in [1.54, 1.807) is 24.3 Å². The fourth-order valence-corrected chi connectivity index (χ4v) is 3.25. The van der Waals surface area contributed by atoms with Crippen LogP contribution in [0.1, 0.15) is 0 Å². The van der Waals surface area contributed by atoms with Gasteiger partial charge in [-0.3, -0.25) is 20.2 Å². The molecule has 0 amide bonds. The molecule has 0 atom stereocenters.